The van der Waals surface area contributed by atoms with E-state index in [1.54, 1.807) is 24.3 Å². The summed E-state index contributed by atoms with van der Waals surface area (Å²) in [4.78, 5) is 24.5. The summed E-state index contributed by atoms with van der Waals surface area (Å²) in [6, 6.07) is 6.74. The van der Waals surface area contributed by atoms with E-state index in [1.807, 2.05) is 0 Å². The van der Waals surface area contributed by atoms with Gasteiger partial charge in [-0.2, -0.15) is 0 Å². The fourth-order valence-electron chi connectivity index (χ4n) is 3.25. The lowest BCUT2D eigenvalue weighted by Crippen LogP contribution is -2.33. The molecule has 1 fully saturated rings. The van der Waals surface area contributed by atoms with Crippen LogP contribution in [0.25, 0.3) is 22.4 Å². The minimum absolute atomic E-state index is 0.292. The largest absolute Gasteiger partial charge is 0.394 e. The number of benzene rings is 1. The highest BCUT2D eigenvalue weighted by molar-refractivity contribution is 6.02. The molecule has 1 aromatic carbocycles. The van der Waals surface area contributed by atoms with Crippen LogP contribution < -0.4 is 5.73 Å². The van der Waals surface area contributed by atoms with Gasteiger partial charge < -0.3 is 25.8 Å². The van der Waals surface area contributed by atoms with Gasteiger partial charge in [0.1, 0.15) is 35.8 Å². The molecule has 4 atom stereocenters. The van der Waals surface area contributed by atoms with E-state index >= 15 is 0 Å². The molecule has 0 saturated carbocycles. The lowest BCUT2D eigenvalue weighted by molar-refractivity contribution is -0.0511. The summed E-state index contributed by atoms with van der Waals surface area (Å²) >= 11 is 0. The van der Waals surface area contributed by atoms with Crippen LogP contribution in [0.2, 0.25) is 0 Å². The number of carbonyl (C=O) groups is 1. The first-order chi connectivity index (χ1) is 13.0. The Morgan fingerprint density at radius 1 is 1.19 bits per heavy atom. The van der Waals surface area contributed by atoms with Crippen molar-refractivity contribution in [1.29, 1.82) is 0 Å². The summed E-state index contributed by atoms with van der Waals surface area (Å²) in [7, 11) is 0. The zero-order valence-electron chi connectivity index (χ0n) is 14.0. The van der Waals surface area contributed by atoms with Gasteiger partial charge >= 0.3 is 0 Å². The molecule has 2 aromatic heterocycles. The maximum absolute atomic E-state index is 11.7. The number of imidazole rings is 1. The number of aliphatic hydroxyl groups is 3. The average Bonchev–Trinajstić information content (AvgIpc) is 3.23. The average molecular weight is 371 g/mol. The Morgan fingerprint density at radius 3 is 2.67 bits per heavy atom. The second kappa shape index (κ2) is 6.67. The summed E-state index contributed by atoms with van der Waals surface area (Å²) in [5, 5.41) is 29.5. The molecule has 0 bridgehead atoms. The highest BCUT2D eigenvalue weighted by atomic mass is 16.6. The van der Waals surface area contributed by atoms with Gasteiger partial charge in [0.2, 0.25) is 5.91 Å². The molecule has 27 heavy (non-hydrogen) atoms. The van der Waals surface area contributed by atoms with Crippen LogP contribution in [-0.2, 0) is 4.74 Å². The zero-order chi connectivity index (χ0) is 19.1. The molecule has 10 nitrogen and oxygen atoms in total. The normalized spacial score (nSPS) is 25.1. The molecular formula is C17H17N5O5. The van der Waals surface area contributed by atoms with Crippen molar-refractivity contribution in [2.45, 2.75) is 24.5 Å². The van der Waals surface area contributed by atoms with Gasteiger partial charge in [0.25, 0.3) is 0 Å². The van der Waals surface area contributed by atoms with E-state index in [1.165, 1.54) is 17.2 Å². The van der Waals surface area contributed by atoms with Gasteiger partial charge in [-0.25, -0.2) is 15.0 Å². The Balaban J connectivity index is 1.84. The molecule has 140 valence electrons. The third kappa shape index (κ3) is 2.75. The molecule has 1 amide bonds. The standard InChI is InChI=1S/C17H17N5O5/c18-15(26)9-4-2-1-3-8(9)11-12-16(20-6-19-11)22(7-21-12)17-14(25)13(24)10(5-23)27-17/h1-4,6-7,10,13-14,17,23-25H,5H2,(H2,18,26)/t10-,13-,14-,17-/m1/s1. The van der Waals surface area contributed by atoms with Crippen LogP contribution in [-0.4, -0.2) is 65.7 Å². The number of fused-ring (bicyclic) bond motifs is 1. The fraction of sp³-hybridized carbons (Fsp3) is 0.294. The summed E-state index contributed by atoms with van der Waals surface area (Å²) in [5.41, 5.74) is 7.37. The van der Waals surface area contributed by atoms with E-state index in [0.29, 0.717) is 28.0 Å². The van der Waals surface area contributed by atoms with Crippen molar-refractivity contribution < 1.29 is 24.9 Å². The minimum atomic E-state index is -1.27. The minimum Gasteiger partial charge on any atom is -0.394 e. The van der Waals surface area contributed by atoms with Crippen molar-refractivity contribution in [2.24, 2.45) is 5.73 Å². The number of aliphatic hydroxyl groups excluding tert-OH is 3. The van der Waals surface area contributed by atoms with Gasteiger partial charge in [-0.05, 0) is 6.07 Å². The first-order valence-corrected chi connectivity index (χ1v) is 8.22. The van der Waals surface area contributed by atoms with Crippen molar-refractivity contribution >= 4 is 17.1 Å². The van der Waals surface area contributed by atoms with Crippen LogP contribution in [0.4, 0.5) is 0 Å². The third-order valence-electron chi connectivity index (χ3n) is 4.60. The molecular weight excluding hydrogens is 354 g/mol. The Bertz CT molecular complexity index is 1010. The number of nitrogens with zero attached hydrogens (tertiary/aromatic N) is 4. The lowest BCUT2D eigenvalue weighted by Gasteiger charge is -2.16. The van der Waals surface area contributed by atoms with E-state index in [2.05, 4.69) is 15.0 Å². The van der Waals surface area contributed by atoms with Gasteiger partial charge in [-0.3, -0.25) is 9.36 Å². The van der Waals surface area contributed by atoms with Crippen LogP contribution in [0, 0.1) is 0 Å². The molecule has 0 spiro atoms. The smallest absolute Gasteiger partial charge is 0.249 e. The van der Waals surface area contributed by atoms with Crippen molar-refractivity contribution in [3.8, 4) is 11.3 Å². The molecule has 3 aromatic rings. The van der Waals surface area contributed by atoms with E-state index in [0.717, 1.165) is 0 Å². The predicted octanol–water partition coefficient (Wildman–Crippen LogP) is -0.796. The fourth-order valence-corrected chi connectivity index (χ4v) is 3.25. The van der Waals surface area contributed by atoms with Crippen LogP contribution in [0.1, 0.15) is 16.6 Å². The number of amides is 1. The number of nitrogens with two attached hydrogens (primary N) is 1. The highest BCUT2D eigenvalue weighted by Gasteiger charge is 2.44. The first kappa shape index (κ1) is 17.5. The molecule has 5 N–H and O–H groups in total. The number of aromatic nitrogens is 4. The number of hydrogen-bond donors (Lipinski definition) is 4. The molecule has 10 heteroatoms. The van der Waals surface area contributed by atoms with E-state index in [9.17, 15) is 20.1 Å². The lowest BCUT2D eigenvalue weighted by atomic mass is 10.0. The number of primary amides is 1. The zero-order valence-corrected chi connectivity index (χ0v) is 14.0. The second-order valence-electron chi connectivity index (χ2n) is 6.19. The van der Waals surface area contributed by atoms with Crippen molar-refractivity contribution in [2.75, 3.05) is 6.61 Å². The topological polar surface area (TPSA) is 157 Å². The van der Waals surface area contributed by atoms with Crippen molar-refractivity contribution in [3.63, 3.8) is 0 Å². The highest BCUT2D eigenvalue weighted by Crippen LogP contribution is 2.33. The summed E-state index contributed by atoms with van der Waals surface area (Å²) in [6.07, 6.45) is -1.70. The molecule has 1 aliphatic rings. The Morgan fingerprint density at radius 2 is 1.96 bits per heavy atom. The third-order valence-corrected chi connectivity index (χ3v) is 4.60. The van der Waals surface area contributed by atoms with Gasteiger partial charge in [0, 0.05) is 11.1 Å². The van der Waals surface area contributed by atoms with Crippen LogP contribution >= 0.6 is 0 Å². The summed E-state index contributed by atoms with van der Waals surface area (Å²) in [5.74, 6) is -0.597. The number of rotatable bonds is 4. The van der Waals surface area contributed by atoms with Crippen LogP contribution in [0.3, 0.4) is 0 Å². The molecule has 0 radical (unpaired) electrons. The first-order valence-electron chi connectivity index (χ1n) is 8.22. The molecule has 3 heterocycles. The SMILES string of the molecule is NC(=O)c1ccccc1-c1ncnc2c1ncn2[C@@H]1O[C@H](CO)[C@@H](O)[C@H]1O. The Labute approximate surface area is 152 Å². The number of carbonyl (C=O) groups excluding carboxylic acids is 1. The number of ether oxygens (including phenoxy) is 1. The molecule has 0 aliphatic carbocycles. The van der Waals surface area contributed by atoms with E-state index < -0.39 is 37.1 Å². The van der Waals surface area contributed by atoms with Crippen LogP contribution in [0.5, 0.6) is 0 Å². The number of hydrogen-bond acceptors (Lipinski definition) is 8. The quantitative estimate of drug-likeness (QED) is 0.464. The Kier molecular flexibility index (Phi) is 4.32. The van der Waals surface area contributed by atoms with Gasteiger partial charge in [0.15, 0.2) is 11.9 Å². The van der Waals surface area contributed by atoms with E-state index in [4.69, 9.17) is 10.5 Å². The maximum atomic E-state index is 11.7. The predicted molar refractivity (Wildman–Crippen MR) is 92.3 cm³/mol. The van der Waals surface area contributed by atoms with Gasteiger partial charge in [-0.15, -0.1) is 0 Å². The van der Waals surface area contributed by atoms with Gasteiger partial charge in [-0.1, -0.05) is 18.2 Å². The van der Waals surface area contributed by atoms with Crippen molar-refractivity contribution in [1.82, 2.24) is 19.5 Å². The molecule has 1 saturated heterocycles. The summed E-state index contributed by atoms with van der Waals surface area (Å²) in [6.45, 7) is -0.437. The monoisotopic (exact) mass is 371 g/mol. The Hall–Kier alpha value is -2.92. The maximum Gasteiger partial charge on any atom is 0.249 e. The summed E-state index contributed by atoms with van der Waals surface area (Å²) < 4.78 is 6.99. The van der Waals surface area contributed by atoms with Crippen molar-refractivity contribution in [3.05, 3.63) is 42.5 Å². The van der Waals surface area contributed by atoms with E-state index in [-0.39, 0.29) is 0 Å². The second-order valence-corrected chi connectivity index (χ2v) is 6.19. The van der Waals surface area contributed by atoms with Gasteiger partial charge in [0.05, 0.1) is 12.9 Å². The molecule has 0 unspecified atom stereocenters. The molecule has 4 rings (SSSR count). The molecule has 1 aliphatic heterocycles. The van der Waals surface area contributed by atoms with Crippen LogP contribution in [0.15, 0.2) is 36.9 Å².